The molecule has 138 valence electrons. The van der Waals surface area contributed by atoms with Crippen LogP contribution in [0.2, 0.25) is 0 Å². The first-order valence-corrected chi connectivity index (χ1v) is 10.6. The van der Waals surface area contributed by atoms with E-state index < -0.39 is 0 Å². The molecule has 3 aliphatic carbocycles. The lowest BCUT2D eigenvalue weighted by Crippen LogP contribution is -2.39. The van der Waals surface area contributed by atoms with Crippen LogP contribution < -0.4 is 0 Å². The van der Waals surface area contributed by atoms with E-state index in [0.717, 1.165) is 35.7 Å². The molecule has 5 atom stereocenters. The minimum absolute atomic E-state index is 0.146. The second-order valence-corrected chi connectivity index (χ2v) is 8.83. The minimum Gasteiger partial charge on any atom is -0.206 e. The molecule has 3 aliphatic rings. The van der Waals surface area contributed by atoms with Crippen LogP contribution in [-0.2, 0) is 0 Å². The summed E-state index contributed by atoms with van der Waals surface area (Å²) >= 11 is 0. The van der Waals surface area contributed by atoms with Crippen molar-refractivity contribution in [2.45, 2.75) is 64.7 Å². The van der Waals surface area contributed by atoms with Crippen molar-refractivity contribution in [2.24, 2.45) is 29.6 Å². The smallest absolute Gasteiger partial charge is 0.141 e. The van der Waals surface area contributed by atoms with E-state index in [4.69, 9.17) is 5.26 Å². The monoisotopic (exact) mass is 351 g/mol. The summed E-state index contributed by atoms with van der Waals surface area (Å²) in [7, 11) is 0. The van der Waals surface area contributed by atoms with Gasteiger partial charge in [0.2, 0.25) is 0 Å². The second kappa shape index (κ2) is 7.55. The highest BCUT2D eigenvalue weighted by molar-refractivity contribution is 5.67. The topological polar surface area (TPSA) is 23.8 Å². The number of hydrogen-bond acceptors (Lipinski definition) is 1. The zero-order valence-corrected chi connectivity index (χ0v) is 15.9. The lowest BCUT2D eigenvalue weighted by Gasteiger charge is -2.49. The van der Waals surface area contributed by atoms with Crippen molar-refractivity contribution in [3.63, 3.8) is 0 Å². The van der Waals surface area contributed by atoms with E-state index >= 15 is 0 Å². The van der Waals surface area contributed by atoms with Crippen LogP contribution in [-0.4, -0.2) is 0 Å². The van der Waals surface area contributed by atoms with Gasteiger partial charge in [-0.1, -0.05) is 38.3 Å². The quantitative estimate of drug-likeness (QED) is 0.592. The van der Waals surface area contributed by atoms with E-state index in [9.17, 15) is 4.39 Å². The zero-order valence-electron chi connectivity index (χ0n) is 15.9. The van der Waals surface area contributed by atoms with Crippen molar-refractivity contribution < 1.29 is 4.39 Å². The van der Waals surface area contributed by atoms with Crippen LogP contribution in [0.5, 0.6) is 0 Å². The first kappa shape index (κ1) is 17.8. The number of hydrogen-bond donors (Lipinski definition) is 0. The summed E-state index contributed by atoms with van der Waals surface area (Å²) in [6.45, 7) is 2.32. The first-order valence-electron chi connectivity index (χ1n) is 10.6. The largest absolute Gasteiger partial charge is 0.206 e. The molecule has 2 fully saturated rings. The van der Waals surface area contributed by atoms with E-state index in [1.807, 2.05) is 12.1 Å². The number of rotatable bonds is 3. The maximum atomic E-state index is 14.0. The fraction of sp³-hybridized carbons (Fsp3) is 0.625. The van der Waals surface area contributed by atoms with Crippen molar-refractivity contribution >= 4 is 5.57 Å². The molecule has 4 rings (SSSR count). The van der Waals surface area contributed by atoms with Gasteiger partial charge in [-0.15, -0.1) is 0 Å². The predicted octanol–water partition coefficient (Wildman–Crippen LogP) is 6.73. The average molecular weight is 352 g/mol. The highest BCUT2D eigenvalue weighted by Gasteiger charge is 2.42. The van der Waals surface area contributed by atoms with Crippen LogP contribution in [0.25, 0.3) is 5.57 Å². The van der Waals surface area contributed by atoms with E-state index in [1.165, 1.54) is 56.9 Å². The molecule has 0 saturated heterocycles. The Bertz CT molecular complexity index is 728. The molecule has 2 heteroatoms. The standard InChI is InChI=1S/C24H30FN/c1-2-3-16-4-10-22-19(12-16)6-7-20-13-17(9-11-23(20)22)18-5-8-21(15-26)24(25)14-18/h5,8,13-14,16,19-20,22-23H,2-4,6-7,9-12H2,1H3. The Balaban J connectivity index is 1.49. The molecule has 1 aromatic carbocycles. The third-order valence-corrected chi connectivity index (χ3v) is 7.44. The highest BCUT2D eigenvalue weighted by atomic mass is 19.1. The molecule has 1 aromatic rings. The summed E-state index contributed by atoms with van der Waals surface area (Å²) in [6.07, 6.45) is 14.6. The molecule has 0 amide bonds. The number of nitrogens with zero attached hydrogens (tertiary/aromatic N) is 1. The van der Waals surface area contributed by atoms with Crippen LogP contribution in [0.1, 0.15) is 75.8 Å². The Morgan fingerprint density at radius 2 is 2.00 bits per heavy atom. The van der Waals surface area contributed by atoms with E-state index in [1.54, 1.807) is 12.1 Å². The van der Waals surface area contributed by atoms with Crippen LogP contribution in [0.3, 0.4) is 0 Å². The number of halogens is 1. The van der Waals surface area contributed by atoms with Crippen LogP contribution in [0.4, 0.5) is 4.39 Å². The van der Waals surface area contributed by atoms with Crippen molar-refractivity contribution in [1.29, 1.82) is 5.26 Å². The predicted molar refractivity (Wildman–Crippen MR) is 104 cm³/mol. The van der Waals surface area contributed by atoms with Crippen molar-refractivity contribution in [1.82, 2.24) is 0 Å². The molecule has 2 saturated carbocycles. The van der Waals surface area contributed by atoms with E-state index in [2.05, 4.69) is 13.0 Å². The number of nitriles is 1. The molecule has 1 nitrogen and oxygen atoms in total. The molecular weight excluding hydrogens is 321 g/mol. The summed E-state index contributed by atoms with van der Waals surface area (Å²) < 4.78 is 14.0. The molecule has 26 heavy (non-hydrogen) atoms. The minimum atomic E-state index is -0.383. The molecule has 0 aromatic heterocycles. The number of allylic oxidation sites excluding steroid dienone is 2. The van der Waals surface area contributed by atoms with Crippen LogP contribution >= 0.6 is 0 Å². The van der Waals surface area contributed by atoms with Gasteiger partial charge in [0.25, 0.3) is 0 Å². The molecule has 0 spiro atoms. The summed E-state index contributed by atoms with van der Waals surface area (Å²) in [4.78, 5) is 0. The van der Waals surface area contributed by atoms with Gasteiger partial charge in [0, 0.05) is 0 Å². The number of fused-ring (bicyclic) bond motifs is 3. The fourth-order valence-electron chi connectivity index (χ4n) is 6.23. The summed E-state index contributed by atoms with van der Waals surface area (Å²) in [5.41, 5.74) is 2.42. The fourth-order valence-corrected chi connectivity index (χ4v) is 6.23. The third kappa shape index (κ3) is 3.34. The Kier molecular flexibility index (Phi) is 5.16. The van der Waals surface area contributed by atoms with Gasteiger partial charge in [0.1, 0.15) is 11.9 Å². The number of benzene rings is 1. The molecule has 0 N–H and O–H groups in total. The molecule has 5 unspecified atom stereocenters. The lowest BCUT2D eigenvalue weighted by molar-refractivity contribution is 0.0416. The third-order valence-electron chi connectivity index (χ3n) is 7.44. The summed E-state index contributed by atoms with van der Waals surface area (Å²) in [5.74, 6) is 4.02. The first-order chi connectivity index (χ1) is 12.7. The summed E-state index contributed by atoms with van der Waals surface area (Å²) in [5, 5.41) is 8.93. The SMILES string of the molecule is CCCC1CCC2C(CCC3C=C(c4ccc(C#N)c(F)c4)CCC32)C1. The van der Waals surface area contributed by atoms with Gasteiger partial charge in [-0.05, 0) is 91.4 Å². The molecule has 0 heterocycles. The van der Waals surface area contributed by atoms with Gasteiger partial charge in [-0.2, -0.15) is 5.26 Å². The van der Waals surface area contributed by atoms with Gasteiger partial charge < -0.3 is 0 Å². The van der Waals surface area contributed by atoms with Gasteiger partial charge in [-0.25, -0.2) is 4.39 Å². The van der Waals surface area contributed by atoms with Crippen molar-refractivity contribution in [2.75, 3.05) is 0 Å². The Morgan fingerprint density at radius 3 is 2.77 bits per heavy atom. The zero-order chi connectivity index (χ0) is 18.1. The van der Waals surface area contributed by atoms with Crippen LogP contribution in [0, 0.1) is 46.7 Å². The van der Waals surface area contributed by atoms with Crippen LogP contribution in [0.15, 0.2) is 24.3 Å². The van der Waals surface area contributed by atoms with E-state index in [-0.39, 0.29) is 11.4 Å². The lowest BCUT2D eigenvalue weighted by atomic mass is 9.57. The van der Waals surface area contributed by atoms with Gasteiger partial charge in [0.05, 0.1) is 5.56 Å². The molecule has 0 aliphatic heterocycles. The summed E-state index contributed by atoms with van der Waals surface area (Å²) in [6, 6.07) is 7.04. The van der Waals surface area contributed by atoms with Crippen molar-refractivity contribution in [3.05, 3.63) is 41.2 Å². The van der Waals surface area contributed by atoms with E-state index in [0.29, 0.717) is 5.92 Å². The molecule has 0 radical (unpaired) electrons. The Hall–Kier alpha value is -1.62. The highest BCUT2D eigenvalue weighted by Crippen LogP contribution is 2.53. The molecule has 0 bridgehead atoms. The van der Waals surface area contributed by atoms with Gasteiger partial charge in [0.15, 0.2) is 0 Å². The maximum Gasteiger partial charge on any atom is 0.141 e. The Morgan fingerprint density at radius 1 is 1.12 bits per heavy atom. The maximum absolute atomic E-state index is 14.0. The Labute approximate surface area is 157 Å². The normalized spacial score (nSPS) is 33.6. The van der Waals surface area contributed by atoms with Crippen molar-refractivity contribution in [3.8, 4) is 6.07 Å². The molecular formula is C24H30FN. The average Bonchev–Trinajstić information content (AvgIpc) is 2.67. The second-order valence-electron chi connectivity index (χ2n) is 8.83. The van der Waals surface area contributed by atoms with Gasteiger partial charge >= 0.3 is 0 Å². The van der Waals surface area contributed by atoms with Gasteiger partial charge in [-0.3, -0.25) is 0 Å².